The molecule has 0 radical (unpaired) electrons. The second-order valence-electron chi connectivity index (χ2n) is 5.75. The average Bonchev–Trinajstić information content (AvgIpc) is 2.62. The molecule has 0 aliphatic carbocycles. The fraction of sp³-hybridized carbons (Fsp3) is 0.471. The first-order valence-electron chi connectivity index (χ1n) is 8.17. The second kappa shape index (κ2) is 7.26. The predicted octanol–water partition coefficient (Wildman–Crippen LogP) is 3.39. The lowest BCUT2D eigenvalue weighted by atomic mass is 10.0. The summed E-state index contributed by atoms with van der Waals surface area (Å²) >= 11 is 0. The van der Waals surface area contributed by atoms with Gasteiger partial charge < -0.3 is 15.0 Å². The van der Waals surface area contributed by atoms with Crippen molar-refractivity contribution in [2.24, 2.45) is 0 Å². The molecule has 2 heterocycles. The molecular weight excluding hydrogens is 290 g/mol. The van der Waals surface area contributed by atoms with E-state index in [2.05, 4.69) is 32.3 Å². The summed E-state index contributed by atoms with van der Waals surface area (Å²) < 4.78 is 5.17. The van der Waals surface area contributed by atoms with Crippen LogP contribution in [0.2, 0.25) is 0 Å². The molecule has 6 heteroatoms. The number of methoxy groups -OCH3 is 1. The Balaban J connectivity index is 1.76. The molecule has 6 nitrogen and oxygen atoms in total. The number of hydrogen-bond acceptors (Lipinski definition) is 6. The molecule has 1 aliphatic heterocycles. The molecule has 1 aromatic carbocycles. The standard InChI is InChI=1S/C17H23N5O/c1-3-14-6-4-5-11-22(14)17-20-16(12-18-21-17)19-13-7-9-15(23-2)10-8-13/h7-10,12,14H,3-6,11H2,1-2H3,(H,19,20,21). The number of piperidine rings is 1. The molecule has 3 rings (SSSR count). The van der Waals surface area contributed by atoms with Crippen LogP contribution in [0.25, 0.3) is 0 Å². The molecule has 0 amide bonds. The third-order valence-electron chi connectivity index (χ3n) is 4.27. The van der Waals surface area contributed by atoms with Crippen LogP contribution in [0.5, 0.6) is 5.75 Å². The van der Waals surface area contributed by atoms with Crippen LogP contribution in [0.1, 0.15) is 32.6 Å². The van der Waals surface area contributed by atoms with Gasteiger partial charge in [0.15, 0.2) is 5.82 Å². The summed E-state index contributed by atoms with van der Waals surface area (Å²) in [6, 6.07) is 8.25. The van der Waals surface area contributed by atoms with Gasteiger partial charge in [-0.05, 0) is 49.9 Å². The zero-order valence-electron chi connectivity index (χ0n) is 13.7. The van der Waals surface area contributed by atoms with Crippen LogP contribution in [-0.2, 0) is 0 Å². The summed E-state index contributed by atoms with van der Waals surface area (Å²) in [7, 11) is 1.66. The molecule has 1 aliphatic rings. The van der Waals surface area contributed by atoms with E-state index < -0.39 is 0 Å². The topological polar surface area (TPSA) is 63.2 Å². The number of ether oxygens (including phenoxy) is 1. The Morgan fingerprint density at radius 1 is 1.26 bits per heavy atom. The third-order valence-corrected chi connectivity index (χ3v) is 4.27. The van der Waals surface area contributed by atoms with Crippen LogP contribution in [0, 0.1) is 0 Å². The van der Waals surface area contributed by atoms with Gasteiger partial charge >= 0.3 is 0 Å². The van der Waals surface area contributed by atoms with Crippen LogP contribution in [0.4, 0.5) is 17.5 Å². The SMILES string of the molecule is CCC1CCCCN1c1nncc(Nc2ccc(OC)cc2)n1. The first kappa shape index (κ1) is 15.5. The quantitative estimate of drug-likeness (QED) is 0.913. The van der Waals surface area contributed by atoms with Gasteiger partial charge in [-0.1, -0.05) is 6.92 Å². The van der Waals surface area contributed by atoms with Gasteiger partial charge in [-0.2, -0.15) is 10.1 Å². The number of rotatable bonds is 5. The summed E-state index contributed by atoms with van der Waals surface area (Å²) in [5.74, 6) is 2.26. The van der Waals surface area contributed by atoms with Crippen molar-refractivity contribution in [1.82, 2.24) is 15.2 Å². The van der Waals surface area contributed by atoms with Crippen molar-refractivity contribution in [2.75, 3.05) is 23.9 Å². The first-order valence-corrected chi connectivity index (χ1v) is 8.17. The number of hydrogen-bond donors (Lipinski definition) is 1. The van der Waals surface area contributed by atoms with E-state index in [1.165, 1.54) is 19.3 Å². The van der Waals surface area contributed by atoms with E-state index in [1.54, 1.807) is 13.3 Å². The zero-order chi connectivity index (χ0) is 16.1. The molecule has 1 N–H and O–H groups in total. The predicted molar refractivity (Wildman–Crippen MR) is 91.4 cm³/mol. The van der Waals surface area contributed by atoms with E-state index in [1.807, 2.05) is 24.3 Å². The van der Waals surface area contributed by atoms with E-state index in [0.717, 1.165) is 30.4 Å². The fourth-order valence-electron chi connectivity index (χ4n) is 2.99. The van der Waals surface area contributed by atoms with Crippen LogP contribution >= 0.6 is 0 Å². The largest absolute Gasteiger partial charge is 0.497 e. The number of anilines is 3. The highest BCUT2D eigenvalue weighted by molar-refractivity contribution is 5.57. The van der Waals surface area contributed by atoms with Gasteiger partial charge in [0.2, 0.25) is 5.95 Å². The first-order chi connectivity index (χ1) is 11.3. The summed E-state index contributed by atoms with van der Waals surface area (Å²) in [5.41, 5.74) is 0.947. The lowest BCUT2D eigenvalue weighted by Gasteiger charge is -2.34. The van der Waals surface area contributed by atoms with Crippen molar-refractivity contribution in [2.45, 2.75) is 38.6 Å². The monoisotopic (exact) mass is 313 g/mol. The van der Waals surface area contributed by atoms with Crippen molar-refractivity contribution in [3.8, 4) is 5.75 Å². The molecule has 1 aromatic heterocycles. The number of benzene rings is 1. The smallest absolute Gasteiger partial charge is 0.247 e. The van der Waals surface area contributed by atoms with Crippen molar-refractivity contribution < 1.29 is 4.74 Å². The molecule has 0 spiro atoms. The maximum Gasteiger partial charge on any atom is 0.247 e. The Bertz CT molecular complexity index is 631. The Morgan fingerprint density at radius 3 is 2.83 bits per heavy atom. The van der Waals surface area contributed by atoms with E-state index in [9.17, 15) is 0 Å². The minimum absolute atomic E-state index is 0.516. The molecule has 2 aromatic rings. The van der Waals surface area contributed by atoms with Gasteiger partial charge in [0.1, 0.15) is 5.75 Å². The summed E-state index contributed by atoms with van der Waals surface area (Å²) in [4.78, 5) is 6.93. The second-order valence-corrected chi connectivity index (χ2v) is 5.75. The summed E-state index contributed by atoms with van der Waals surface area (Å²) in [6.45, 7) is 3.22. The Labute approximate surface area is 136 Å². The maximum absolute atomic E-state index is 5.17. The minimum Gasteiger partial charge on any atom is -0.497 e. The van der Waals surface area contributed by atoms with Gasteiger partial charge in [0, 0.05) is 18.3 Å². The molecule has 0 bridgehead atoms. The van der Waals surface area contributed by atoms with Crippen molar-refractivity contribution >= 4 is 17.5 Å². The zero-order valence-corrected chi connectivity index (χ0v) is 13.7. The lowest BCUT2D eigenvalue weighted by Crippen LogP contribution is -2.40. The maximum atomic E-state index is 5.17. The molecule has 1 fully saturated rings. The minimum atomic E-state index is 0.516. The molecule has 1 atom stereocenters. The Kier molecular flexibility index (Phi) is 4.90. The van der Waals surface area contributed by atoms with E-state index >= 15 is 0 Å². The molecule has 122 valence electrons. The molecule has 1 unspecified atom stereocenters. The molecule has 0 saturated carbocycles. The highest BCUT2D eigenvalue weighted by atomic mass is 16.5. The van der Waals surface area contributed by atoms with Gasteiger partial charge in [0.05, 0.1) is 13.3 Å². The average molecular weight is 313 g/mol. The Hall–Kier alpha value is -2.37. The van der Waals surface area contributed by atoms with E-state index in [-0.39, 0.29) is 0 Å². The lowest BCUT2D eigenvalue weighted by molar-refractivity contribution is 0.415. The van der Waals surface area contributed by atoms with E-state index in [0.29, 0.717) is 11.9 Å². The molecule has 23 heavy (non-hydrogen) atoms. The van der Waals surface area contributed by atoms with Gasteiger partial charge in [0.25, 0.3) is 0 Å². The van der Waals surface area contributed by atoms with Gasteiger partial charge in [-0.25, -0.2) is 0 Å². The Morgan fingerprint density at radius 2 is 2.09 bits per heavy atom. The number of aromatic nitrogens is 3. The summed E-state index contributed by atoms with van der Waals surface area (Å²) in [5, 5.41) is 11.6. The van der Waals surface area contributed by atoms with Crippen molar-refractivity contribution in [3.05, 3.63) is 30.5 Å². The highest BCUT2D eigenvalue weighted by Crippen LogP contribution is 2.25. The fourth-order valence-corrected chi connectivity index (χ4v) is 2.99. The molecular formula is C17H23N5O. The van der Waals surface area contributed by atoms with Crippen LogP contribution < -0.4 is 15.0 Å². The highest BCUT2D eigenvalue weighted by Gasteiger charge is 2.23. The van der Waals surface area contributed by atoms with Crippen molar-refractivity contribution in [3.63, 3.8) is 0 Å². The van der Waals surface area contributed by atoms with Gasteiger partial charge in [-0.3, -0.25) is 0 Å². The van der Waals surface area contributed by atoms with Gasteiger partial charge in [-0.15, -0.1) is 5.10 Å². The van der Waals surface area contributed by atoms with Crippen molar-refractivity contribution in [1.29, 1.82) is 0 Å². The third kappa shape index (κ3) is 3.70. The summed E-state index contributed by atoms with van der Waals surface area (Å²) in [6.07, 6.45) is 6.44. The van der Waals surface area contributed by atoms with Crippen LogP contribution in [0.15, 0.2) is 30.5 Å². The van der Waals surface area contributed by atoms with Crippen LogP contribution in [0.3, 0.4) is 0 Å². The molecule has 1 saturated heterocycles. The number of nitrogens with zero attached hydrogens (tertiary/aromatic N) is 4. The van der Waals surface area contributed by atoms with Crippen LogP contribution in [-0.4, -0.2) is 34.9 Å². The van der Waals surface area contributed by atoms with E-state index in [4.69, 9.17) is 4.74 Å². The normalized spacial score (nSPS) is 17.8. The number of nitrogens with one attached hydrogen (secondary N) is 1.